The van der Waals surface area contributed by atoms with Gasteiger partial charge in [-0.25, -0.2) is 13.1 Å². The zero-order valence-electron chi connectivity index (χ0n) is 13.1. The Balaban J connectivity index is 2.03. The maximum atomic E-state index is 12.3. The van der Waals surface area contributed by atoms with E-state index >= 15 is 0 Å². The van der Waals surface area contributed by atoms with Crippen molar-refractivity contribution in [1.82, 2.24) is 4.72 Å². The third-order valence-electron chi connectivity index (χ3n) is 4.14. The van der Waals surface area contributed by atoms with Gasteiger partial charge in [-0.15, -0.1) is 0 Å². The molecule has 1 aliphatic carbocycles. The highest BCUT2D eigenvalue weighted by molar-refractivity contribution is 7.89. The molecule has 1 amide bonds. The van der Waals surface area contributed by atoms with Crippen LogP contribution in [0.4, 0.5) is 18.9 Å². The first kappa shape index (κ1) is 18.7. The van der Waals surface area contributed by atoms with Gasteiger partial charge in [-0.3, -0.25) is 4.79 Å². The summed E-state index contributed by atoms with van der Waals surface area (Å²) >= 11 is 0. The van der Waals surface area contributed by atoms with Gasteiger partial charge in [0.05, 0.1) is 4.90 Å². The van der Waals surface area contributed by atoms with Gasteiger partial charge in [0, 0.05) is 11.1 Å². The molecule has 1 aliphatic rings. The zero-order chi connectivity index (χ0) is 18.0. The second-order valence-electron chi connectivity index (χ2n) is 6.19. The van der Waals surface area contributed by atoms with Gasteiger partial charge in [0.2, 0.25) is 15.9 Å². The Kier molecular flexibility index (Phi) is 5.24. The van der Waals surface area contributed by atoms with E-state index in [-0.39, 0.29) is 10.8 Å². The monoisotopic (exact) mass is 364 g/mol. The number of alkyl halides is 3. The summed E-state index contributed by atoms with van der Waals surface area (Å²) in [6, 6.07) is 5.04. The maximum Gasteiger partial charge on any atom is 0.402 e. The normalized spacial score (nSPS) is 17.7. The largest absolute Gasteiger partial charge is 0.402 e. The van der Waals surface area contributed by atoms with Gasteiger partial charge in [-0.2, -0.15) is 13.2 Å². The quantitative estimate of drug-likeness (QED) is 0.843. The molecule has 24 heavy (non-hydrogen) atoms. The van der Waals surface area contributed by atoms with Crippen molar-refractivity contribution in [3.05, 3.63) is 24.3 Å². The molecule has 1 aromatic rings. The lowest BCUT2D eigenvalue weighted by molar-refractivity contribution is -0.124. The number of amides is 1. The molecular formula is C15H19F3N2O3S. The van der Waals surface area contributed by atoms with Crippen LogP contribution < -0.4 is 10.0 Å². The average molecular weight is 364 g/mol. The van der Waals surface area contributed by atoms with E-state index in [1.54, 1.807) is 0 Å². The lowest BCUT2D eigenvalue weighted by Crippen LogP contribution is -2.33. The van der Waals surface area contributed by atoms with Crippen LogP contribution in [0.15, 0.2) is 29.2 Å². The second kappa shape index (κ2) is 6.72. The molecule has 0 saturated heterocycles. The third-order valence-corrected chi connectivity index (χ3v) is 5.56. The molecule has 1 saturated carbocycles. The van der Waals surface area contributed by atoms with Crippen LogP contribution >= 0.6 is 0 Å². The van der Waals surface area contributed by atoms with Crippen molar-refractivity contribution in [3.63, 3.8) is 0 Å². The molecule has 0 heterocycles. The minimum Gasteiger partial charge on any atom is -0.326 e. The van der Waals surface area contributed by atoms with Gasteiger partial charge in [0.15, 0.2) is 0 Å². The Bertz CT molecular complexity index is 694. The fourth-order valence-electron chi connectivity index (χ4n) is 2.64. The third kappa shape index (κ3) is 4.70. The summed E-state index contributed by atoms with van der Waals surface area (Å²) in [5, 5.41) is 2.73. The predicted octanol–water partition coefficient (Wildman–Crippen LogP) is 3.05. The van der Waals surface area contributed by atoms with E-state index in [1.165, 1.54) is 16.9 Å². The molecule has 2 N–H and O–H groups in total. The maximum absolute atomic E-state index is 12.3. The molecule has 0 radical (unpaired) electrons. The number of carbonyl (C=O) groups is 1. The summed E-state index contributed by atoms with van der Waals surface area (Å²) in [5.41, 5.74) is -0.0261. The lowest BCUT2D eigenvalue weighted by atomic mass is 9.88. The highest BCUT2D eigenvalue weighted by atomic mass is 32.2. The van der Waals surface area contributed by atoms with Crippen LogP contribution in [-0.2, 0) is 14.8 Å². The van der Waals surface area contributed by atoms with Crippen molar-refractivity contribution in [2.24, 2.45) is 5.41 Å². The van der Waals surface area contributed by atoms with Crippen LogP contribution in [0.3, 0.4) is 0 Å². The number of halogens is 3. The molecule has 134 valence electrons. The summed E-state index contributed by atoms with van der Waals surface area (Å²) in [6.45, 7) is 0.251. The summed E-state index contributed by atoms with van der Waals surface area (Å²) in [6.07, 6.45) is -1.05. The molecular weight excluding hydrogens is 345 g/mol. The smallest absolute Gasteiger partial charge is 0.326 e. The number of hydrogen-bond donors (Lipinski definition) is 2. The van der Waals surface area contributed by atoms with Gasteiger partial charge in [-0.05, 0) is 37.1 Å². The van der Waals surface area contributed by atoms with Crippen molar-refractivity contribution in [3.8, 4) is 0 Å². The molecule has 0 aliphatic heterocycles. The van der Waals surface area contributed by atoms with Crippen molar-refractivity contribution in [2.75, 3.05) is 11.9 Å². The van der Waals surface area contributed by atoms with Gasteiger partial charge in [0.25, 0.3) is 0 Å². The van der Waals surface area contributed by atoms with Crippen LogP contribution in [0.1, 0.15) is 32.6 Å². The fraction of sp³-hybridized carbons (Fsp3) is 0.533. The molecule has 0 aromatic heterocycles. The Labute approximate surface area is 138 Å². The molecule has 0 bridgehead atoms. The lowest BCUT2D eigenvalue weighted by Gasteiger charge is -2.22. The van der Waals surface area contributed by atoms with Crippen LogP contribution in [0.5, 0.6) is 0 Å². The van der Waals surface area contributed by atoms with Gasteiger partial charge in [0.1, 0.15) is 6.54 Å². The van der Waals surface area contributed by atoms with E-state index in [4.69, 9.17) is 0 Å². The zero-order valence-corrected chi connectivity index (χ0v) is 13.9. The predicted molar refractivity (Wildman–Crippen MR) is 82.9 cm³/mol. The highest BCUT2D eigenvalue weighted by Gasteiger charge is 2.36. The van der Waals surface area contributed by atoms with E-state index in [9.17, 15) is 26.4 Å². The minimum absolute atomic E-state index is 0.134. The Morgan fingerprint density at radius 1 is 1.17 bits per heavy atom. The van der Waals surface area contributed by atoms with Crippen LogP contribution in [0.2, 0.25) is 0 Å². The number of rotatable bonds is 5. The Morgan fingerprint density at radius 2 is 1.71 bits per heavy atom. The number of anilines is 1. The summed E-state index contributed by atoms with van der Waals surface area (Å²) < 4.78 is 61.4. The molecule has 5 nitrogen and oxygen atoms in total. The van der Waals surface area contributed by atoms with Crippen LogP contribution in [0.25, 0.3) is 0 Å². The van der Waals surface area contributed by atoms with E-state index in [2.05, 4.69) is 5.32 Å². The number of nitrogens with one attached hydrogen (secondary N) is 2. The number of sulfonamides is 1. The van der Waals surface area contributed by atoms with Crippen molar-refractivity contribution in [2.45, 2.75) is 43.7 Å². The minimum atomic E-state index is -4.63. The molecule has 0 atom stereocenters. The highest BCUT2D eigenvalue weighted by Crippen LogP contribution is 2.38. The SMILES string of the molecule is CC1(C(=O)Nc2ccc(S(=O)(=O)NCC(F)(F)F)cc2)CCCC1. The topological polar surface area (TPSA) is 75.3 Å². The summed E-state index contributed by atoms with van der Waals surface area (Å²) in [5.74, 6) is -0.134. The second-order valence-corrected chi connectivity index (χ2v) is 7.95. The standard InChI is InChI=1S/C15H19F3N2O3S/c1-14(8-2-3-9-14)13(21)20-11-4-6-12(7-5-11)24(22,23)19-10-15(16,17)18/h4-7,19H,2-3,8-10H2,1H3,(H,20,21). The Morgan fingerprint density at radius 3 is 2.21 bits per heavy atom. The first-order valence-electron chi connectivity index (χ1n) is 7.50. The van der Waals surface area contributed by atoms with Crippen molar-refractivity contribution < 1.29 is 26.4 Å². The Hall–Kier alpha value is -1.61. The number of hydrogen-bond acceptors (Lipinski definition) is 3. The van der Waals surface area contributed by atoms with Crippen molar-refractivity contribution >= 4 is 21.6 Å². The molecule has 1 aromatic carbocycles. The van der Waals surface area contributed by atoms with E-state index in [0.29, 0.717) is 5.69 Å². The molecule has 9 heteroatoms. The summed E-state index contributed by atoms with van der Waals surface area (Å²) in [7, 11) is -4.25. The van der Waals surface area contributed by atoms with Crippen molar-refractivity contribution in [1.29, 1.82) is 0 Å². The van der Waals surface area contributed by atoms with Crippen LogP contribution in [0, 0.1) is 5.41 Å². The molecule has 1 fully saturated rings. The molecule has 0 unspecified atom stereocenters. The number of carbonyl (C=O) groups excluding carboxylic acids is 1. The fourth-order valence-corrected chi connectivity index (χ4v) is 3.66. The molecule has 2 rings (SSSR count). The number of benzene rings is 1. The molecule has 0 spiro atoms. The van der Waals surface area contributed by atoms with Gasteiger partial charge >= 0.3 is 6.18 Å². The van der Waals surface area contributed by atoms with Crippen LogP contribution in [-0.4, -0.2) is 27.0 Å². The average Bonchev–Trinajstić information content (AvgIpc) is 2.93. The first-order chi connectivity index (χ1) is 11.0. The van der Waals surface area contributed by atoms with Gasteiger partial charge < -0.3 is 5.32 Å². The first-order valence-corrected chi connectivity index (χ1v) is 8.98. The van der Waals surface area contributed by atoms with E-state index < -0.39 is 28.2 Å². The van der Waals surface area contributed by atoms with E-state index in [0.717, 1.165) is 37.8 Å². The van der Waals surface area contributed by atoms with E-state index in [1.807, 2.05) is 6.92 Å². The summed E-state index contributed by atoms with van der Waals surface area (Å²) in [4.78, 5) is 12.0. The van der Waals surface area contributed by atoms with Gasteiger partial charge in [-0.1, -0.05) is 19.8 Å².